The molecule has 0 spiro atoms. The van der Waals surface area contributed by atoms with Crippen molar-refractivity contribution in [3.63, 3.8) is 0 Å². The Morgan fingerprint density at radius 2 is 2.04 bits per heavy atom. The van der Waals surface area contributed by atoms with Gasteiger partial charge in [0.2, 0.25) is 0 Å². The van der Waals surface area contributed by atoms with Gasteiger partial charge in [0, 0.05) is 25.5 Å². The fraction of sp³-hybridized carbons (Fsp3) is 0.167. The number of benzene rings is 2. The standard InChI is InChI=1S/C18H14BrClO2S/c1-10-14(7-11-3-5-13(19)9-16(11)20)15-8-12(18(21)22-2)4-6-17(15)23-10/h3-6,8-9H,7H2,1-2H3. The summed E-state index contributed by atoms with van der Waals surface area (Å²) in [5, 5.41) is 1.83. The first-order valence-corrected chi connectivity index (χ1v) is 9.02. The van der Waals surface area contributed by atoms with Gasteiger partial charge in [-0.2, -0.15) is 0 Å². The summed E-state index contributed by atoms with van der Waals surface area (Å²) in [4.78, 5) is 13.0. The Bertz CT molecular complexity index is 901. The van der Waals surface area contributed by atoms with E-state index in [1.54, 1.807) is 17.4 Å². The molecule has 0 bridgehead atoms. The van der Waals surface area contributed by atoms with E-state index in [-0.39, 0.29) is 5.97 Å². The van der Waals surface area contributed by atoms with Gasteiger partial charge >= 0.3 is 5.97 Å². The Balaban J connectivity index is 2.08. The van der Waals surface area contributed by atoms with Crippen molar-refractivity contribution in [2.75, 3.05) is 7.11 Å². The predicted octanol–water partition coefficient (Wildman–Crippen LogP) is 6.00. The molecule has 23 heavy (non-hydrogen) atoms. The molecule has 0 unspecified atom stereocenters. The SMILES string of the molecule is COC(=O)c1ccc2sc(C)c(Cc3ccc(Br)cc3Cl)c2c1. The van der Waals surface area contributed by atoms with Crippen molar-refractivity contribution in [3.8, 4) is 0 Å². The van der Waals surface area contributed by atoms with Gasteiger partial charge in [-0.3, -0.25) is 0 Å². The maximum atomic E-state index is 11.8. The third-order valence-corrected chi connectivity index (χ3v) is 5.77. The first-order chi connectivity index (χ1) is 11.0. The maximum Gasteiger partial charge on any atom is 0.337 e. The minimum Gasteiger partial charge on any atom is -0.465 e. The van der Waals surface area contributed by atoms with Crippen LogP contribution >= 0.6 is 38.9 Å². The van der Waals surface area contributed by atoms with Gasteiger partial charge in [0.1, 0.15) is 0 Å². The molecule has 0 saturated carbocycles. The van der Waals surface area contributed by atoms with Crippen molar-refractivity contribution in [1.82, 2.24) is 0 Å². The van der Waals surface area contributed by atoms with Gasteiger partial charge in [-0.05, 0) is 53.8 Å². The molecule has 0 fully saturated rings. The number of hydrogen-bond donors (Lipinski definition) is 0. The second-order valence-electron chi connectivity index (χ2n) is 5.25. The molecule has 0 atom stereocenters. The van der Waals surface area contributed by atoms with Crippen molar-refractivity contribution in [3.05, 3.63) is 67.5 Å². The van der Waals surface area contributed by atoms with Crippen LogP contribution in [0.3, 0.4) is 0 Å². The van der Waals surface area contributed by atoms with E-state index < -0.39 is 0 Å². The monoisotopic (exact) mass is 408 g/mol. The minimum absolute atomic E-state index is 0.316. The summed E-state index contributed by atoms with van der Waals surface area (Å²) in [6.07, 6.45) is 0.739. The Labute approximate surface area is 152 Å². The highest BCUT2D eigenvalue weighted by Gasteiger charge is 2.14. The molecule has 3 aromatic rings. The van der Waals surface area contributed by atoms with E-state index in [1.165, 1.54) is 22.3 Å². The van der Waals surface area contributed by atoms with Gasteiger partial charge in [-0.15, -0.1) is 11.3 Å². The van der Waals surface area contributed by atoms with Crippen molar-refractivity contribution < 1.29 is 9.53 Å². The molecule has 118 valence electrons. The number of carbonyl (C=O) groups excluding carboxylic acids is 1. The van der Waals surface area contributed by atoms with Crippen LogP contribution < -0.4 is 0 Å². The lowest BCUT2D eigenvalue weighted by molar-refractivity contribution is 0.0601. The lowest BCUT2D eigenvalue weighted by Gasteiger charge is -2.06. The molecule has 0 radical (unpaired) electrons. The second kappa shape index (κ2) is 6.63. The van der Waals surface area contributed by atoms with Crippen LogP contribution in [-0.2, 0) is 11.2 Å². The molecule has 3 rings (SSSR count). The molecule has 0 saturated heterocycles. The van der Waals surface area contributed by atoms with Crippen LogP contribution in [0.4, 0.5) is 0 Å². The summed E-state index contributed by atoms with van der Waals surface area (Å²) in [6.45, 7) is 2.10. The Kier molecular flexibility index (Phi) is 4.76. The molecule has 0 amide bonds. The molecule has 1 aromatic heterocycles. The largest absolute Gasteiger partial charge is 0.465 e. The summed E-state index contributed by atoms with van der Waals surface area (Å²) in [6, 6.07) is 11.6. The molecular weight excluding hydrogens is 396 g/mol. The maximum absolute atomic E-state index is 11.8. The number of esters is 1. The van der Waals surface area contributed by atoms with Crippen LogP contribution in [0.5, 0.6) is 0 Å². The summed E-state index contributed by atoms with van der Waals surface area (Å²) in [5.74, 6) is -0.316. The van der Waals surface area contributed by atoms with Gasteiger partial charge in [-0.1, -0.05) is 33.6 Å². The van der Waals surface area contributed by atoms with Gasteiger partial charge in [-0.25, -0.2) is 4.79 Å². The summed E-state index contributed by atoms with van der Waals surface area (Å²) in [5.41, 5.74) is 2.85. The first kappa shape index (κ1) is 16.5. The number of methoxy groups -OCH3 is 1. The van der Waals surface area contributed by atoms with Gasteiger partial charge < -0.3 is 4.74 Å². The first-order valence-electron chi connectivity index (χ1n) is 7.04. The fourth-order valence-corrected chi connectivity index (χ4v) is 4.39. The molecule has 2 aromatic carbocycles. The van der Waals surface area contributed by atoms with Crippen molar-refractivity contribution in [2.45, 2.75) is 13.3 Å². The van der Waals surface area contributed by atoms with E-state index in [2.05, 4.69) is 22.9 Å². The van der Waals surface area contributed by atoms with Crippen LogP contribution in [0.1, 0.15) is 26.4 Å². The van der Waals surface area contributed by atoms with Crippen molar-refractivity contribution >= 4 is 54.9 Å². The van der Waals surface area contributed by atoms with Gasteiger partial charge in [0.05, 0.1) is 12.7 Å². The number of rotatable bonds is 3. The summed E-state index contributed by atoms with van der Waals surface area (Å²) < 4.78 is 6.95. The summed E-state index contributed by atoms with van der Waals surface area (Å²) in [7, 11) is 1.40. The minimum atomic E-state index is -0.316. The van der Waals surface area contributed by atoms with Crippen LogP contribution in [0.15, 0.2) is 40.9 Å². The second-order valence-corrected chi connectivity index (χ2v) is 7.83. The highest BCUT2D eigenvalue weighted by Crippen LogP contribution is 2.34. The third-order valence-electron chi connectivity index (χ3n) is 3.80. The fourth-order valence-electron chi connectivity index (χ4n) is 2.59. The van der Waals surface area contributed by atoms with Crippen LogP contribution in [0.25, 0.3) is 10.1 Å². The molecule has 0 aliphatic carbocycles. The van der Waals surface area contributed by atoms with E-state index in [1.807, 2.05) is 30.3 Å². The number of ether oxygens (including phenoxy) is 1. The number of fused-ring (bicyclic) bond motifs is 1. The quantitative estimate of drug-likeness (QED) is 0.496. The third kappa shape index (κ3) is 3.30. The molecule has 0 N–H and O–H groups in total. The van der Waals surface area contributed by atoms with E-state index in [9.17, 15) is 4.79 Å². The van der Waals surface area contributed by atoms with E-state index in [0.717, 1.165) is 26.9 Å². The smallest absolute Gasteiger partial charge is 0.337 e. The Hall–Kier alpha value is -1.36. The van der Waals surface area contributed by atoms with Crippen LogP contribution in [0, 0.1) is 6.92 Å². The van der Waals surface area contributed by atoms with Crippen molar-refractivity contribution in [1.29, 1.82) is 0 Å². The molecule has 5 heteroatoms. The zero-order valence-electron chi connectivity index (χ0n) is 12.7. The zero-order valence-corrected chi connectivity index (χ0v) is 15.8. The number of thiophene rings is 1. The van der Waals surface area contributed by atoms with Gasteiger partial charge in [0.15, 0.2) is 0 Å². The number of halogens is 2. The predicted molar refractivity (Wildman–Crippen MR) is 99.9 cm³/mol. The molecule has 0 aliphatic heterocycles. The van der Waals surface area contributed by atoms with Crippen LogP contribution in [-0.4, -0.2) is 13.1 Å². The van der Waals surface area contributed by atoms with E-state index >= 15 is 0 Å². The molecule has 2 nitrogen and oxygen atoms in total. The molecule has 1 heterocycles. The highest BCUT2D eigenvalue weighted by molar-refractivity contribution is 9.10. The van der Waals surface area contributed by atoms with Gasteiger partial charge in [0.25, 0.3) is 0 Å². The highest BCUT2D eigenvalue weighted by atomic mass is 79.9. The van der Waals surface area contributed by atoms with Crippen molar-refractivity contribution in [2.24, 2.45) is 0 Å². The number of carbonyl (C=O) groups is 1. The number of aryl methyl sites for hydroxylation is 1. The Morgan fingerprint density at radius 1 is 1.26 bits per heavy atom. The lowest BCUT2D eigenvalue weighted by atomic mass is 10.0. The normalized spacial score (nSPS) is 11.0. The zero-order chi connectivity index (χ0) is 16.6. The van der Waals surface area contributed by atoms with E-state index in [4.69, 9.17) is 16.3 Å². The Morgan fingerprint density at radius 3 is 2.74 bits per heavy atom. The lowest BCUT2D eigenvalue weighted by Crippen LogP contribution is -2.00. The van der Waals surface area contributed by atoms with Crippen LogP contribution in [0.2, 0.25) is 5.02 Å². The summed E-state index contributed by atoms with van der Waals surface area (Å²) >= 11 is 11.5. The topological polar surface area (TPSA) is 26.3 Å². The molecule has 0 aliphatic rings. The average Bonchev–Trinajstić information content (AvgIpc) is 2.84. The average molecular weight is 410 g/mol. The van der Waals surface area contributed by atoms with E-state index in [0.29, 0.717) is 5.56 Å². The molecular formula is C18H14BrClO2S. The number of hydrogen-bond acceptors (Lipinski definition) is 3.